The SMILES string of the molecule is C=C1CC[C@@H](n2c(=O)n(C)c3c(C#CCOC4CCN(CC5CCC(n6cc(CC(=O)c7cnn8ccc(N9C[C@H]%10C[C@@H]9CO%10)nc78)c(C(F)F)n6)CC5)CC4)cccc32)C(=O)N1. The summed E-state index contributed by atoms with van der Waals surface area (Å²) in [5, 5.41) is 11.5. The lowest BCUT2D eigenvalue weighted by Gasteiger charge is -2.36. The van der Waals surface area contributed by atoms with Crippen LogP contribution in [0.15, 0.2) is 59.9 Å². The summed E-state index contributed by atoms with van der Waals surface area (Å²) in [6.45, 7) is 8.39. The second-order valence-corrected chi connectivity index (χ2v) is 17.8. The number of fused-ring (bicyclic) bond motifs is 4. The molecule has 1 amide bonds. The van der Waals surface area contributed by atoms with E-state index in [0.29, 0.717) is 58.9 Å². The van der Waals surface area contributed by atoms with Crippen LogP contribution in [0.5, 0.6) is 0 Å². The van der Waals surface area contributed by atoms with Gasteiger partial charge in [0, 0.05) is 63.3 Å². The highest BCUT2D eigenvalue weighted by atomic mass is 19.3. The number of alkyl halides is 2. The van der Waals surface area contributed by atoms with Gasteiger partial charge in [0.25, 0.3) is 6.43 Å². The zero-order chi connectivity index (χ0) is 43.4. The van der Waals surface area contributed by atoms with Crippen LogP contribution in [-0.4, -0.2) is 108 Å². The molecular weight excluding hydrogens is 811 g/mol. The molecule has 15 nitrogen and oxygen atoms in total. The maximum absolute atomic E-state index is 14.3. The molecule has 0 radical (unpaired) electrons. The molecule has 1 aromatic carbocycles. The number of likely N-dealkylation sites (tertiary alicyclic amines) is 1. The third-order valence-electron chi connectivity index (χ3n) is 13.8. The van der Waals surface area contributed by atoms with Crippen molar-refractivity contribution in [2.24, 2.45) is 13.0 Å². The predicted octanol–water partition coefficient (Wildman–Crippen LogP) is 5.15. The molecule has 4 saturated heterocycles. The van der Waals surface area contributed by atoms with E-state index >= 15 is 0 Å². The number of ketones is 1. The Morgan fingerprint density at radius 2 is 1.90 bits per heavy atom. The molecule has 0 unspecified atom stereocenters. The lowest BCUT2D eigenvalue weighted by molar-refractivity contribution is -0.124. The van der Waals surface area contributed by atoms with Gasteiger partial charge in [0.1, 0.15) is 24.2 Å². The molecule has 8 heterocycles. The molecule has 5 fully saturated rings. The molecule has 5 aliphatic rings. The Morgan fingerprint density at radius 1 is 1.08 bits per heavy atom. The molecule has 10 rings (SSSR count). The minimum atomic E-state index is -2.80. The molecule has 3 atom stereocenters. The van der Waals surface area contributed by atoms with Crippen LogP contribution in [0.1, 0.15) is 103 Å². The molecule has 2 bridgehead atoms. The number of hydrogen-bond donors (Lipinski definition) is 1. The van der Waals surface area contributed by atoms with Gasteiger partial charge in [0.2, 0.25) is 5.91 Å². The monoisotopic (exact) mass is 862 g/mol. The second-order valence-electron chi connectivity index (χ2n) is 17.8. The average molecular weight is 863 g/mol. The first kappa shape index (κ1) is 41.3. The number of anilines is 1. The molecular formula is C46H52F2N10O5. The summed E-state index contributed by atoms with van der Waals surface area (Å²) in [5.74, 6) is 7.09. The molecule has 330 valence electrons. The number of halogens is 2. The Labute approximate surface area is 363 Å². The standard InChI is InChI=1S/C46H52F2N10O5/c1-28-8-13-38(45(60)50-28)58-37-7-3-5-30(42(37)53(2)46(58)61)6-4-20-62-34-14-17-54(18-15-34)24-29-9-11-32(12-10-29)57-25-31(41(52-57)43(47)48)21-39(59)36-23-49-56-19-16-40(51-44(36)56)55-26-35-22-33(55)27-63-35/h3,5,7,16,19,23,25,29,32-35,38,43H,1,8-15,17-18,20-22,24,26-27H2,2H3,(H,50,60)/t29?,32?,33-,35-,38-/m1/s1. The number of morpholine rings is 1. The largest absolute Gasteiger partial charge is 0.374 e. The average Bonchev–Trinajstić information content (AvgIpc) is 4.13. The summed E-state index contributed by atoms with van der Waals surface area (Å²) in [6, 6.07) is 7.15. The van der Waals surface area contributed by atoms with Gasteiger partial charge >= 0.3 is 5.69 Å². The fraction of sp³-hybridized carbons (Fsp3) is 0.522. The van der Waals surface area contributed by atoms with E-state index in [9.17, 15) is 23.2 Å². The van der Waals surface area contributed by atoms with Crippen molar-refractivity contribution in [2.45, 2.75) is 101 Å². The number of Topliss-reactive ketones (excluding diaryl/α,β-unsaturated/α-hetero) is 1. The molecule has 4 aromatic heterocycles. The zero-order valence-electron chi connectivity index (χ0n) is 35.4. The highest BCUT2D eigenvalue weighted by Gasteiger charge is 2.40. The minimum Gasteiger partial charge on any atom is -0.374 e. The Morgan fingerprint density at radius 3 is 2.65 bits per heavy atom. The summed E-state index contributed by atoms with van der Waals surface area (Å²) in [4.78, 5) is 49.2. The van der Waals surface area contributed by atoms with Crippen molar-refractivity contribution < 1.29 is 27.8 Å². The van der Waals surface area contributed by atoms with Crippen molar-refractivity contribution in [3.05, 3.63) is 88.0 Å². The van der Waals surface area contributed by atoms with E-state index in [1.807, 2.05) is 24.3 Å². The molecule has 1 saturated carbocycles. The van der Waals surface area contributed by atoms with E-state index in [0.717, 1.165) is 76.9 Å². The number of carbonyl (C=O) groups is 2. The number of para-hydroxylation sites is 1. The second kappa shape index (κ2) is 17.1. The van der Waals surface area contributed by atoms with Gasteiger partial charge < -0.3 is 24.6 Å². The third-order valence-corrected chi connectivity index (χ3v) is 13.8. The molecule has 1 aliphatic carbocycles. The molecule has 0 spiro atoms. The minimum absolute atomic E-state index is 0.000135. The number of benzene rings is 1. The van der Waals surface area contributed by atoms with Crippen molar-refractivity contribution in [3.63, 3.8) is 0 Å². The van der Waals surface area contributed by atoms with Gasteiger partial charge in [-0.25, -0.2) is 23.1 Å². The van der Waals surface area contributed by atoms with Crippen LogP contribution in [0.25, 0.3) is 16.7 Å². The Hall–Kier alpha value is -5.70. The topological polar surface area (TPSA) is 146 Å². The Bertz CT molecular complexity index is 2690. The summed E-state index contributed by atoms with van der Waals surface area (Å²) < 4.78 is 47.0. The number of amides is 1. The van der Waals surface area contributed by atoms with Crippen molar-refractivity contribution >= 4 is 34.2 Å². The molecule has 63 heavy (non-hydrogen) atoms. The fourth-order valence-electron chi connectivity index (χ4n) is 10.5. The number of aryl methyl sites for hydroxylation is 1. The van der Waals surface area contributed by atoms with Gasteiger partial charge in [-0.3, -0.25) is 23.4 Å². The quantitative estimate of drug-likeness (QED) is 0.140. The van der Waals surface area contributed by atoms with Crippen LogP contribution in [0.4, 0.5) is 14.6 Å². The van der Waals surface area contributed by atoms with Crippen LogP contribution in [0.2, 0.25) is 0 Å². The van der Waals surface area contributed by atoms with Gasteiger partial charge in [-0.05, 0) is 81.9 Å². The highest BCUT2D eigenvalue weighted by Crippen LogP contribution is 2.36. The van der Waals surface area contributed by atoms with Crippen LogP contribution < -0.4 is 15.9 Å². The lowest BCUT2D eigenvalue weighted by Crippen LogP contribution is -2.40. The van der Waals surface area contributed by atoms with E-state index < -0.39 is 12.5 Å². The van der Waals surface area contributed by atoms with E-state index in [1.54, 1.807) is 37.8 Å². The smallest absolute Gasteiger partial charge is 0.329 e. The van der Waals surface area contributed by atoms with Gasteiger partial charge in [-0.2, -0.15) is 10.2 Å². The van der Waals surface area contributed by atoms with Crippen molar-refractivity contribution in [3.8, 4) is 11.8 Å². The van der Waals surface area contributed by atoms with Crippen molar-refractivity contribution in [1.29, 1.82) is 0 Å². The zero-order valence-corrected chi connectivity index (χ0v) is 35.4. The molecule has 17 heteroatoms. The Kier molecular flexibility index (Phi) is 11.2. The van der Waals surface area contributed by atoms with Crippen LogP contribution in [-0.2, 0) is 27.7 Å². The first-order valence-corrected chi connectivity index (χ1v) is 22.2. The highest BCUT2D eigenvalue weighted by molar-refractivity contribution is 6.02. The number of hydrogen-bond acceptors (Lipinski definition) is 10. The van der Waals surface area contributed by atoms with Gasteiger partial charge in [0.05, 0.1) is 59.3 Å². The number of ether oxygens (including phenoxy) is 2. The maximum Gasteiger partial charge on any atom is 0.329 e. The van der Waals surface area contributed by atoms with Crippen LogP contribution in [0, 0.1) is 17.8 Å². The number of aromatic nitrogens is 7. The normalized spacial score (nSPS) is 24.4. The summed E-state index contributed by atoms with van der Waals surface area (Å²) in [5.41, 5.74) is 3.13. The van der Waals surface area contributed by atoms with E-state index in [1.165, 1.54) is 6.20 Å². The number of imidazole rings is 1. The van der Waals surface area contributed by atoms with E-state index in [-0.39, 0.29) is 66.0 Å². The summed E-state index contributed by atoms with van der Waals surface area (Å²) >= 11 is 0. The van der Waals surface area contributed by atoms with Crippen LogP contribution >= 0.6 is 0 Å². The number of carbonyl (C=O) groups excluding carboxylic acids is 2. The van der Waals surface area contributed by atoms with E-state index in [2.05, 4.69) is 43.7 Å². The summed E-state index contributed by atoms with van der Waals surface area (Å²) in [6.07, 6.45) is 9.75. The Balaban J connectivity index is 0.700. The van der Waals surface area contributed by atoms with E-state index in [4.69, 9.17) is 14.5 Å². The van der Waals surface area contributed by atoms with Crippen LogP contribution in [0.3, 0.4) is 0 Å². The van der Waals surface area contributed by atoms with Gasteiger partial charge in [0.15, 0.2) is 11.4 Å². The lowest BCUT2D eigenvalue weighted by atomic mass is 9.85. The number of nitrogens with zero attached hydrogens (tertiary/aromatic N) is 9. The molecule has 4 aliphatic heterocycles. The van der Waals surface area contributed by atoms with Crippen molar-refractivity contribution in [1.82, 2.24) is 43.7 Å². The first-order valence-electron chi connectivity index (χ1n) is 22.2. The third kappa shape index (κ3) is 8.08. The maximum atomic E-state index is 14.3. The fourth-order valence-corrected chi connectivity index (χ4v) is 10.5. The molecule has 1 N–H and O–H groups in total. The van der Waals surface area contributed by atoms with Gasteiger partial charge in [-0.15, -0.1) is 0 Å². The number of nitrogens with one attached hydrogen (secondary N) is 1. The first-order chi connectivity index (χ1) is 30.6. The number of piperidine rings is 2. The summed E-state index contributed by atoms with van der Waals surface area (Å²) in [7, 11) is 1.71. The number of rotatable bonds is 11. The van der Waals surface area contributed by atoms with Gasteiger partial charge in [-0.1, -0.05) is 24.5 Å². The molecule has 5 aromatic rings. The van der Waals surface area contributed by atoms with Crippen molar-refractivity contribution in [2.75, 3.05) is 44.3 Å². The predicted molar refractivity (Wildman–Crippen MR) is 230 cm³/mol. The number of allylic oxidation sites excluding steroid dienone is 1.